The molecule has 6 heteroatoms. The highest BCUT2D eigenvalue weighted by Gasteiger charge is 2.19. The lowest BCUT2D eigenvalue weighted by molar-refractivity contribution is -0.167. The number of hydrogen-bond acceptors (Lipinski definition) is 6. The summed E-state index contributed by atoms with van der Waals surface area (Å²) in [6, 6.07) is 0. The Hall–Kier alpha value is -2.37. The molecule has 0 spiro atoms. The molecule has 6 nitrogen and oxygen atoms in total. The summed E-state index contributed by atoms with van der Waals surface area (Å²) >= 11 is 0. The van der Waals surface area contributed by atoms with Crippen LogP contribution >= 0.6 is 0 Å². The van der Waals surface area contributed by atoms with Crippen LogP contribution in [0.1, 0.15) is 406 Å². The van der Waals surface area contributed by atoms with Gasteiger partial charge in [-0.05, 0) is 57.8 Å². The van der Waals surface area contributed by atoms with Gasteiger partial charge in [-0.25, -0.2) is 0 Å². The predicted molar refractivity (Wildman–Crippen MR) is 353 cm³/mol. The molecule has 0 aliphatic rings. The molecule has 476 valence electrons. The monoisotopic (exact) mass is 1140 g/mol. The molecule has 0 aliphatic carbocycles. The fourth-order valence-electron chi connectivity index (χ4n) is 11.2. The van der Waals surface area contributed by atoms with E-state index >= 15 is 0 Å². The second-order valence-corrected chi connectivity index (χ2v) is 24.9. The molecular weight excluding hydrogens is 997 g/mol. The maximum atomic E-state index is 13.0. The van der Waals surface area contributed by atoms with Gasteiger partial charge in [0.1, 0.15) is 13.2 Å². The maximum Gasteiger partial charge on any atom is 0.306 e. The molecule has 0 bridgehead atoms. The first-order valence-corrected chi connectivity index (χ1v) is 36.5. The first kappa shape index (κ1) is 78.6. The summed E-state index contributed by atoms with van der Waals surface area (Å²) in [6.07, 6.45) is 87.4. The zero-order chi connectivity index (χ0) is 58.5. The van der Waals surface area contributed by atoms with Crippen molar-refractivity contribution in [1.82, 2.24) is 0 Å². The van der Waals surface area contributed by atoms with Crippen LogP contribution in [0, 0.1) is 0 Å². The first-order valence-electron chi connectivity index (χ1n) is 36.5. The summed E-state index contributed by atoms with van der Waals surface area (Å²) in [6.45, 7) is 6.71. The lowest BCUT2D eigenvalue weighted by Crippen LogP contribution is -2.30. The topological polar surface area (TPSA) is 78.9 Å². The summed E-state index contributed by atoms with van der Waals surface area (Å²) in [4.78, 5) is 38.5. The Morgan fingerprint density at radius 3 is 0.691 bits per heavy atom. The Morgan fingerprint density at radius 2 is 0.444 bits per heavy atom. The number of rotatable bonds is 68. The Labute approximate surface area is 506 Å². The molecule has 0 amide bonds. The van der Waals surface area contributed by atoms with E-state index in [-0.39, 0.29) is 31.1 Å². The molecule has 0 aliphatic heterocycles. The second kappa shape index (κ2) is 70.1. The van der Waals surface area contributed by atoms with E-state index in [1.54, 1.807) is 0 Å². The van der Waals surface area contributed by atoms with Gasteiger partial charge in [0, 0.05) is 19.3 Å². The van der Waals surface area contributed by atoms with E-state index < -0.39 is 6.10 Å². The molecule has 0 heterocycles. The van der Waals surface area contributed by atoms with Gasteiger partial charge in [0.15, 0.2) is 6.10 Å². The molecule has 0 radical (unpaired) electrons. The van der Waals surface area contributed by atoms with Crippen molar-refractivity contribution in [2.45, 2.75) is 412 Å². The van der Waals surface area contributed by atoms with Gasteiger partial charge < -0.3 is 14.2 Å². The molecule has 0 aromatic carbocycles. The average molecular weight is 1140 g/mol. The number of carbonyl (C=O) groups excluding carboxylic acids is 3. The van der Waals surface area contributed by atoms with Gasteiger partial charge in [-0.3, -0.25) is 14.4 Å². The quantitative estimate of drug-likeness (QED) is 0.0261. The first-order chi connectivity index (χ1) is 40.0. The van der Waals surface area contributed by atoms with Crippen LogP contribution in [0.2, 0.25) is 0 Å². The van der Waals surface area contributed by atoms with Crippen LogP contribution < -0.4 is 0 Å². The van der Waals surface area contributed by atoms with Crippen LogP contribution in [-0.4, -0.2) is 37.2 Å². The van der Waals surface area contributed by atoms with Crippen molar-refractivity contribution < 1.29 is 28.6 Å². The molecule has 0 saturated heterocycles. The smallest absolute Gasteiger partial charge is 0.306 e. The van der Waals surface area contributed by atoms with Crippen molar-refractivity contribution in [3.63, 3.8) is 0 Å². The number of esters is 3. The minimum atomic E-state index is -0.778. The van der Waals surface area contributed by atoms with Gasteiger partial charge in [0.2, 0.25) is 0 Å². The van der Waals surface area contributed by atoms with Gasteiger partial charge in [-0.1, -0.05) is 365 Å². The number of carbonyl (C=O) groups is 3. The molecular formula is C75H140O6. The van der Waals surface area contributed by atoms with Crippen molar-refractivity contribution >= 4 is 17.9 Å². The van der Waals surface area contributed by atoms with E-state index in [1.165, 1.54) is 289 Å². The summed E-state index contributed by atoms with van der Waals surface area (Å²) in [5, 5.41) is 0. The average Bonchev–Trinajstić information content (AvgIpc) is 3.47. The summed E-state index contributed by atoms with van der Waals surface area (Å²) in [5.41, 5.74) is 0. The van der Waals surface area contributed by atoms with Crippen LogP contribution in [0.3, 0.4) is 0 Å². The zero-order valence-electron chi connectivity index (χ0n) is 54.8. The second-order valence-electron chi connectivity index (χ2n) is 24.9. The molecule has 1 atom stereocenters. The molecule has 0 N–H and O–H groups in total. The van der Waals surface area contributed by atoms with Crippen molar-refractivity contribution in [2.75, 3.05) is 13.2 Å². The normalized spacial score (nSPS) is 12.2. The van der Waals surface area contributed by atoms with Crippen LogP contribution in [0.25, 0.3) is 0 Å². The van der Waals surface area contributed by atoms with Crippen LogP contribution in [0.4, 0.5) is 0 Å². The lowest BCUT2D eigenvalue weighted by atomic mass is 10.0. The third-order valence-electron chi connectivity index (χ3n) is 16.6. The van der Waals surface area contributed by atoms with Crippen molar-refractivity contribution in [3.05, 3.63) is 36.5 Å². The molecule has 81 heavy (non-hydrogen) atoms. The van der Waals surface area contributed by atoms with Gasteiger partial charge in [0.25, 0.3) is 0 Å². The number of ether oxygens (including phenoxy) is 3. The number of allylic oxidation sites excluding steroid dienone is 6. The highest BCUT2D eigenvalue weighted by Crippen LogP contribution is 2.19. The molecule has 1 unspecified atom stereocenters. The minimum Gasteiger partial charge on any atom is -0.462 e. The number of unbranched alkanes of at least 4 members (excludes halogenated alkanes) is 51. The van der Waals surface area contributed by atoms with E-state index in [1.807, 2.05) is 0 Å². The summed E-state index contributed by atoms with van der Waals surface area (Å²) in [7, 11) is 0. The van der Waals surface area contributed by atoms with E-state index in [4.69, 9.17) is 14.2 Å². The van der Waals surface area contributed by atoms with Crippen molar-refractivity contribution in [3.8, 4) is 0 Å². The van der Waals surface area contributed by atoms with Gasteiger partial charge in [-0.2, -0.15) is 0 Å². The lowest BCUT2D eigenvalue weighted by Gasteiger charge is -2.18. The van der Waals surface area contributed by atoms with Crippen LogP contribution in [0.5, 0.6) is 0 Å². The van der Waals surface area contributed by atoms with E-state index in [0.29, 0.717) is 19.3 Å². The van der Waals surface area contributed by atoms with Crippen LogP contribution in [-0.2, 0) is 28.6 Å². The zero-order valence-corrected chi connectivity index (χ0v) is 54.8. The highest BCUT2D eigenvalue weighted by molar-refractivity contribution is 5.71. The molecule has 0 rings (SSSR count). The standard InChI is InChI=1S/C75H140O6/c1-4-7-10-13-16-19-22-25-28-31-34-36-37-39-41-44-47-50-53-56-59-62-65-68-74(77)80-71-72(70-79-73(76)67-64-61-58-55-52-49-46-43-40-33-30-27-24-21-18-15-12-9-6-3)81-75(78)69-66-63-60-57-54-51-48-45-42-38-35-32-29-26-23-20-17-14-11-8-5-2/h23,26,32,35,42,45,72H,4-22,24-25,27-31,33-34,36-41,43-44,46-71H2,1-3H3/b26-23-,35-32-,45-42-. The van der Waals surface area contributed by atoms with E-state index in [9.17, 15) is 14.4 Å². The Bertz CT molecular complexity index is 1350. The highest BCUT2D eigenvalue weighted by atomic mass is 16.6. The predicted octanol–water partition coefficient (Wildman–Crippen LogP) is 25.1. The third kappa shape index (κ3) is 68.3. The van der Waals surface area contributed by atoms with Gasteiger partial charge in [0.05, 0.1) is 0 Å². The Morgan fingerprint density at radius 1 is 0.247 bits per heavy atom. The fourth-order valence-corrected chi connectivity index (χ4v) is 11.2. The minimum absolute atomic E-state index is 0.0716. The van der Waals surface area contributed by atoms with E-state index in [2.05, 4.69) is 57.2 Å². The van der Waals surface area contributed by atoms with Crippen molar-refractivity contribution in [2.24, 2.45) is 0 Å². The Kier molecular flexibility index (Phi) is 68.1. The van der Waals surface area contributed by atoms with Crippen molar-refractivity contribution in [1.29, 1.82) is 0 Å². The number of hydrogen-bond donors (Lipinski definition) is 0. The maximum absolute atomic E-state index is 13.0. The van der Waals surface area contributed by atoms with E-state index in [0.717, 1.165) is 77.0 Å². The SMILES string of the molecule is CCCCCCC/C=C\C/C=C\C/C=C\CCCCCCCCC(=O)OC(COC(=O)CCCCCCCCCCCCCCCCCCCCC)COC(=O)CCCCCCCCCCCCCCCCCCCCCCCCC. The molecule has 0 aromatic heterocycles. The Balaban J connectivity index is 4.32. The third-order valence-corrected chi connectivity index (χ3v) is 16.6. The van der Waals surface area contributed by atoms with Gasteiger partial charge >= 0.3 is 17.9 Å². The molecule has 0 fully saturated rings. The largest absolute Gasteiger partial charge is 0.462 e. The van der Waals surface area contributed by atoms with Crippen LogP contribution in [0.15, 0.2) is 36.5 Å². The fraction of sp³-hybridized carbons (Fsp3) is 0.880. The molecule has 0 saturated carbocycles. The molecule has 0 aromatic rings. The summed E-state index contributed by atoms with van der Waals surface area (Å²) in [5.74, 6) is -0.850. The summed E-state index contributed by atoms with van der Waals surface area (Å²) < 4.78 is 17.0. The van der Waals surface area contributed by atoms with Gasteiger partial charge in [-0.15, -0.1) is 0 Å².